The third kappa shape index (κ3) is 5.22. The summed E-state index contributed by atoms with van der Waals surface area (Å²) >= 11 is 0. The quantitative estimate of drug-likeness (QED) is 0.322. The summed E-state index contributed by atoms with van der Waals surface area (Å²) in [6, 6.07) is 27.5. The molecule has 0 aliphatic carbocycles. The number of aromatic nitrogens is 4. The fourth-order valence-corrected chi connectivity index (χ4v) is 5.04. The number of pyridine rings is 2. The first-order chi connectivity index (χ1) is 18.7. The second-order valence-electron chi connectivity index (χ2n) is 9.59. The van der Waals surface area contributed by atoms with Crippen LogP contribution < -0.4 is 5.32 Å². The third-order valence-corrected chi connectivity index (χ3v) is 7.03. The molecule has 0 amide bonds. The lowest BCUT2D eigenvalue weighted by Crippen LogP contribution is -2.38. The van der Waals surface area contributed by atoms with Crippen molar-refractivity contribution in [2.75, 3.05) is 18.4 Å². The van der Waals surface area contributed by atoms with Gasteiger partial charge in [-0.2, -0.15) is 5.26 Å². The van der Waals surface area contributed by atoms with Gasteiger partial charge in [-0.1, -0.05) is 54.6 Å². The average Bonchev–Trinajstić information content (AvgIpc) is 2.98. The summed E-state index contributed by atoms with van der Waals surface area (Å²) in [6.45, 7) is 2.93. The van der Waals surface area contributed by atoms with Crippen molar-refractivity contribution in [3.05, 3.63) is 103 Å². The van der Waals surface area contributed by atoms with Gasteiger partial charge >= 0.3 is 0 Å². The number of likely N-dealkylation sites (tertiary alicyclic amines) is 1. The fraction of sp³-hybridized carbons (Fsp3) is 0.194. The molecule has 0 bridgehead atoms. The molecule has 1 N–H and O–H groups in total. The molecule has 0 saturated carbocycles. The van der Waals surface area contributed by atoms with Crippen LogP contribution in [0.4, 0.5) is 5.82 Å². The Hall–Kier alpha value is -4.67. The largest absolute Gasteiger partial charge is 0.367 e. The smallest absolute Gasteiger partial charge is 0.234 e. The summed E-state index contributed by atoms with van der Waals surface area (Å²) in [5.41, 5.74) is 6.58. The average molecular weight is 498 g/mol. The van der Waals surface area contributed by atoms with Crippen LogP contribution >= 0.6 is 0 Å². The summed E-state index contributed by atoms with van der Waals surface area (Å²) in [5, 5.41) is 13.5. The van der Waals surface area contributed by atoms with Crippen LogP contribution in [0.2, 0.25) is 0 Å². The zero-order valence-electron chi connectivity index (χ0n) is 21.0. The highest BCUT2D eigenvalue weighted by Gasteiger charge is 2.20. The number of benzene rings is 2. The van der Waals surface area contributed by atoms with Crippen molar-refractivity contribution in [2.45, 2.75) is 25.4 Å². The zero-order valence-corrected chi connectivity index (χ0v) is 21.0. The van der Waals surface area contributed by atoms with Crippen molar-refractivity contribution in [3.63, 3.8) is 0 Å². The Balaban J connectivity index is 1.15. The Bertz CT molecular complexity index is 1590. The van der Waals surface area contributed by atoms with E-state index in [1.54, 1.807) is 12.4 Å². The van der Waals surface area contributed by atoms with Crippen LogP contribution in [-0.4, -0.2) is 44.0 Å². The van der Waals surface area contributed by atoms with Crippen LogP contribution in [0.1, 0.15) is 24.2 Å². The van der Waals surface area contributed by atoms with Gasteiger partial charge in [-0.25, -0.2) is 15.0 Å². The van der Waals surface area contributed by atoms with E-state index in [4.69, 9.17) is 10.2 Å². The first kappa shape index (κ1) is 23.7. The van der Waals surface area contributed by atoms with Crippen molar-refractivity contribution in [3.8, 4) is 28.5 Å². The number of anilines is 1. The van der Waals surface area contributed by atoms with Crippen molar-refractivity contribution in [1.82, 2.24) is 24.8 Å². The molecule has 3 aromatic heterocycles. The van der Waals surface area contributed by atoms with E-state index in [9.17, 15) is 0 Å². The minimum Gasteiger partial charge on any atom is -0.367 e. The minimum absolute atomic E-state index is 0.197. The Morgan fingerprint density at radius 1 is 0.895 bits per heavy atom. The van der Waals surface area contributed by atoms with Crippen molar-refractivity contribution >= 4 is 16.7 Å². The molecule has 1 aliphatic rings. The minimum atomic E-state index is 0.197. The van der Waals surface area contributed by atoms with E-state index in [2.05, 4.69) is 79.8 Å². The molecule has 0 unspecified atom stereocenters. The number of hydrogen-bond donors (Lipinski definition) is 1. The molecule has 0 radical (unpaired) electrons. The topological polar surface area (TPSA) is 90.6 Å². The van der Waals surface area contributed by atoms with Gasteiger partial charge in [0.1, 0.15) is 11.9 Å². The molecule has 186 valence electrons. The van der Waals surface area contributed by atoms with Gasteiger partial charge in [0.2, 0.25) is 5.82 Å². The standard InChI is InChI=1S/C31H27N7/c32-19-30-34-15-11-29(37-30)35-26-12-16-38(17-13-26)21-22-6-8-24(9-7-22)31-27(23-4-2-1-3-5-23)18-25-20-33-14-10-28(25)36-31/h1-11,14-15,18,20,26H,12-13,16-17,21H2,(H,34,35,37). The van der Waals surface area contributed by atoms with Gasteiger partial charge in [0.05, 0.1) is 11.2 Å². The summed E-state index contributed by atoms with van der Waals surface area (Å²) in [5.74, 6) is 0.918. The van der Waals surface area contributed by atoms with Crippen LogP contribution in [0, 0.1) is 11.3 Å². The fourth-order valence-electron chi connectivity index (χ4n) is 5.04. The molecule has 4 heterocycles. The molecular formula is C31H27N7. The van der Waals surface area contributed by atoms with E-state index in [-0.39, 0.29) is 5.82 Å². The summed E-state index contributed by atoms with van der Waals surface area (Å²) in [7, 11) is 0. The van der Waals surface area contributed by atoms with Crippen LogP contribution in [0.25, 0.3) is 33.3 Å². The summed E-state index contributed by atoms with van der Waals surface area (Å²) in [4.78, 5) is 20.0. The van der Waals surface area contributed by atoms with Gasteiger partial charge < -0.3 is 5.32 Å². The molecule has 0 spiro atoms. The monoisotopic (exact) mass is 497 g/mol. The van der Waals surface area contributed by atoms with E-state index in [0.717, 1.165) is 71.6 Å². The molecule has 1 fully saturated rings. The predicted octanol–water partition coefficient (Wildman–Crippen LogP) is 5.70. The number of piperidine rings is 1. The van der Waals surface area contributed by atoms with Gasteiger partial charge in [0.15, 0.2) is 0 Å². The summed E-state index contributed by atoms with van der Waals surface area (Å²) in [6.07, 6.45) is 7.35. The second kappa shape index (κ2) is 10.8. The number of fused-ring (bicyclic) bond motifs is 1. The number of rotatable bonds is 6. The van der Waals surface area contributed by atoms with Crippen LogP contribution in [0.15, 0.2) is 91.4 Å². The first-order valence-corrected chi connectivity index (χ1v) is 12.9. The number of nitriles is 1. The molecule has 1 aliphatic heterocycles. The molecule has 7 nitrogen and oxygen atoms in total. The molecule has 1 saturated heterocycles. The van der Waals surface area contributed by atoms with E-state index in [1.165, 1.54) is 5.56 Å². The van der Waals surface area contributed by atoms with E-state index in [0.29, 0.717) is 6.04 Å². The van der Waals surface area contributed by atoms with Crippen molar-refractivity contribution in [1.29, 1.82) is 5.26 Å². The zero-order chi connectivity index (χ0) is 25.7. The van der Waals surface area contributed by atoms with Crippen molar-refractivity contribution < 1.29 is 0 Å². The second-order valence-corrected chi connectivity index (χ2v) is 9.59. The molecule has 0 atom stereocenters. The van der Waals surface area contributed by atoms with Gasteiger partial charge in [-0.05, 0) is 42.2 Å². The molecule has 5 aromatic rings. The van der Waals surface area contributed by atoms with Crippen LogP contribution in [-0.2, 0) is 6.54 Å². The highest BCUT2D eigenvalue weighted by atomic mass is 15.1. The molecule has 7 heteroatoms. The number of nitrogens with one attached hydrogen (secondary N) is 1. The number of nitrogens with zero attached hydrogens (tertiary/aromatic N) is 6. The molecular weight excluding hydrogens is 470 g/mol. The summed E-state index contributed by atoms with van der Waals surface area (Å²) < 4.78 is 0. The first-order valence-electron chi connectivity index (χ1n) is 12.9. The van der Waals surface area contributed by atoms with Gasteiger partial charge in [0, 0.05) is 60.8 Å². The highest BCUT2D eigenvalue weighted by Crippen LogP contribution is 2.33. The van der Waals surface area contributed by atoms with E-state index in [1.807, 2.05) is 30.5 Å². The lowest BCUT2D eigenvalue weighted by atomic mass is 9.97. The maximum atomic E-state index is 9.02. The van der Waals surface area contributed by atoms with Crippen LogP contribution in [0.3, 0.4) is 0 Å². The Morgan fingerprint density at radius 3 is 2.50 bits per heavy atom. The molecule has 38 heavy (non-hydrogen) atoms. The van der Waals surface area contributed by atoms with E-state index < -0.39 is 0 Å². The maximum absolute atomic E-state index is 9.02. The van der Waals surface area contributed by atoms with Gasteiger partial charge in [-0.15, -0.1) is 0 Å². The normalized spacial score (nSPS) is 14.3. The Kier molecular flexibility index (Phi) is 6.71. The van der Waals surface area contributed by atoms with E-state index >= 15 is 0 Å². The molecule has 6 rings (SSSR count). The highest BCUT2D eigenvalue weighted by molar-refractivity contribution is 5.91. The maximum Gasteiger partial charge on any atom is 0.234 e. The van der Waals surface area contributed by atoms with Crippen LogP contribution in [0.5, 0.6) is 0 Å². The number of hydrogen-bond acceptors (Lipinski definition) is 7. The SMILES string of the molecule is N#Cc1nccc(NC2CCN(Cc3ccc(-c4nc5ccncc5cc4-c4ccccc4)cc3)CC2)n1. The lowest BCUT2D eigenvalue weighted by Gasteiger charge is -2.32. The van der Waals surface area contributed by atoms with Gasteiger partial charge in [-0.3, -0.25) is 9.88 Å². The Morgan fingerprint density at radius 2 is 1.71 bits per heavy atom. The predicted molar refractivity (Wildman–Crippen MR) is 149 cm³/mol. The molecule has 2 aromatic carbocycles. The Labute approximate surface area is 221 Å². The third-order valence-electron chi connectivity index (χ3n) is 7.03. The van der Waals surface area contributed by atoms with Gasteiger partial charge in [0.25, 0.3) is 0 Å². The van der Waals surface area contributed by atoms with Crippen molar-refractivity contribution in [2.24, 2.45) is 0 Å². The lowest BCUT2D eigenvalue weighted by molar-refractivity contribution is 0.211.